The molecule has 1 aliphatic carbocycles. The number of benzene rings is 1. The minimum atomic E-state index is -4.79. The SMILES string of the molecule is CC1(C)CCCC1C(=O)c1ccccc1OC(F)(F)F. The van der Waals surface area contributed by atoms with Crippen LogP contribution in [0.3, 0.4) is 0 Å². The number of Topliss-reactive ketones (excluding diaryl/α,β-unsaturated/α-hetero) is 1. The summed E-state index contributed by atoms with van der Waals surface area (Å²) in [7, 11) is 0. The number of carbonyl (C=O) groups is 1. The highest BCUT2D eigenvalue weighted by Gasteiger charge is 2.41. The molecule has 0 amide bonds. The fraction of sp³-hybridized carbons (Fsp3) is 0.533. The summed E-state index contributed by atoms with van der Waals surface area (Å²) in [5.41, 5.74) is -0.160. The first-order chi connectivity index (χ1) is 9.21. The Kier molecular flexibility index (Phi) is 3.80. The molecule has 1 aromatic rings. The molecule has 2 rings (SSSR count). The maximum absolute atomic E-state index is 12.5. The minimum Gasteiger partial charge on any atom is -0.405 e. The van der Waals surface area contributed by atoms with E-state index in [0.29, 0.717) is 6.42 Å². The van der Waals surface area contributed by atoms with Crippen LogP contribution < -0.4 is 4.74 Å². The molecule has 1 aromatic carbocycles. The van der Waals surface area contributed by atoms with Crippen molar-refractivity contribution < 1.29 is 22.7 Å². The van der Waals surface area contributed by atoms with Crippen LogP contribution in [0.5, 0.6) is 5.75 Å². The second kappa shape index (κ2) is 5.11. The van der Waals surface area contributed by atoms with E-state index in [1.165, 1.54) is 18.2 Å². The number of hydrogen-bond donors (Lipinski definition) is 0. The molecule has 1 aliphatic rings. The highest BCUT2D eigenvalue weighted by Crippen LogP contribution is 2.45. The predicted octanol–water partition coefficient (Wildman–Crippen LogP) is 4.59. The van der Waals surface area contributed by atoms with Crippen LogP contribution in [0.1, 0.15) is 43.5 Å². The van der Waals surface area contributed by atoms with Crippen LogP contribution >= 0.6 is 0 Å². The number of hydrogen-bond acceptors (Lipinski definition) is 2. The van der Waals surface area contributed by atoms with Crippen molar-refractivity contribution in [3.8, 4) is 5.75 Å². The second-order valence-corrected chi connectivity index (χ2v) is 5.84. The normalized spacial score (nSPS) is 21.8. The number of rotatable bonds is 3. The first-order valence-electron chi connectivity index (χ1n) is 6.60. The zero-order valence-electron chi connectivity index (χ0n) is 11.5. The van der Waals surface area contributed by atoms with E-state index in [-0.39, 0.29) is 22.7 Å². The molecule has 110 valence electrons. The molecule has 0 heterocycles. The molecule has 1 saturated carbocycles. The van der Waals surface area contributed by atoms with E-state index in [9.17, 15) is 18.0 Å². The molecule has 0 bridgehead atoms. The fourth-order valence-electron chi connectivity index (χ4n) is 2.88. The molecule has 0 spiro atoms. The number of alkyl halides is 3. The minimum absolute atomic E-state index is 0.0183. The number of ether oxygens (including phenoxy) is 1. The number of ketones is 1. The van der Waals surface area contributed by atoms with Gasteiger partial charge in [0, 0.05) is 5.92 Å². The number of halogens is 3. The van der Waals surface area contributed by atoms with Crippen LogP contribution in [0.25, 0.3) is 0 Å². The largest absolute Gasteiger partial charge is 0.573 e. The highest BCUT2D eigenvalue weighted by molar-refractivity contribution is 6.00. The van der Waals surface area contributed by atoms with Crippen molar-refractivity contribution in [2.75, 3.05) is 0 Å². The molecule has 2 nitrogen and oxygen atoms in total. The summed E-state index contributed by atoms with van der Waals surface area (Å²) in [6.07, 6.45) is -2.24. The van der Waals surface area contributed by atoms with E-state index in [2.05, 4.69) is 4.74 Å². The van der Waals surface area contributed by atoms with Crippen LogP contribution in [0.15, 0.2) is 24.3 Å². The first-order valence-corrected chi connectivity index (χ1v) is 6.60. The molecule has 1 atom stereocenters. The van der Waals surface area contributed by atoms with Gasteiger partial charge in [0.15, 0.2) is 5.78 Å². The second-order valence-electron chi connectivity index (χ2n) is 5.84. The Morgan fingerprint density at radius 3 is 2.50 bits per heavy atom. The summed E-state index contributed by atoms with van der Waals surface area (Å²) in [5.74, 6) is -0.916. The van der Waals surface area contributed by atoms with Gasteiger partial charge in [0.2, 0.25) is 0 Å². The van der Waals surface area contributed by atoms with Crippen molar-refractivity contribution >= 4 is 5.78 Å². The maximum Gasteiger partial charge on any atom is 0.573 e. The van der Waals surface area contributed by atoms with E-state index in [4.69, 9.17) is 0 Å². The third-order valence-electron chi connectivity index (χ3n) is 3.95. The van der Waals surface area contributed by atoms with Crippen molar-refractivity contribution in [2.45, 2.75) is 39.5 Å². The molecule has 1 fully saturated rings. The average Bonchev–Trinajstić information content (AvgIpc) is 2.67. The standard InChI is InChI=1S/C15H17F3O2/c1-14(2)9-5-7-11(14)13(19)10-6-3-4-8-12(10)20-15(16,17)18/h3-4,6,8,11H,5,7,9H2,1-2H3. The zero-order chi connectivity index (χ0) is 15.0. The summed E-state index contributed by atoms with van der Waals surface area (Å²) in [6.45, 7) is 3.96. The molecular weight excluding hydrogens is 269 g/mol. The number of carbonyl (C=O) groups excluding carboxylic acids is 1. The Morgan fingerprint density at radius 2 is 1.95 bits per heavy atom. The van der Waals surface area contributed by atoms with Crippen molar-refractivity contribution in [2.24, 2.45) is 11.3 Å². The van der Waals surface area contributed by atoms with Crippen molar-refractivity contribution in [1.29, 1.82) is 0 Å². The van der Waals surface area contributed by atoms with Gasteiger partial charge in [-0.2, -0.15) is 0 Å². The van der Waals surface area contributed by atoms with Gasteiger partial charge in [-0.3, -0.25) is 4.79 Å². The highest BCUT2D eigenvalue weighted by atomic mass is 19.4. The number of para-hydroxylation sites is 1. The van der Waals surface area contributed by atoms with E-state index in [1.807, 2.05) is 13.8 Å². The summed E-state index contributed by atoms with van der Waals surface area (Å²) in [4.78, 5) is 12.5. The smallest absolute Gasteiger partial charge is 0.405 e. The lowest BCUT2D eigenvalue weighted by Crippen LogP contribution is -2.27. The lowest BCUT2D eigenvalue weighted by molar-refractivity contribution is -0.274. The van der Waals surface area contributed by atoms with E-state index in [0.717, 1.165) is 12.8 Å². The van der Waals surface area contributed by atoms with Gasteiger partial charge in [-0.05, 0) is 30.4 Å². The molecule has 1 unspecified atom stereocenters. The molecule has 0 saturated heterocycles. The molecular formula is C15H17F3O2. The third kappa shape index (κ3) is 3.14. The predicted molar refractivity (Wildman–Crippen MR) is 68.6 cm³/mol. The van der Waals surface area contributed by atoms with Crippen molar-refractivity contribution in [3.05, 3.63) is 29.8 Å². The van der Waals surface area contributed by atoms with Crippen LogP contribution in [0.2, 0.25) is 0 Å². The lowest BCUT2D eigenvalue weighted by atomic mass is 9.77. The van der Waals surface area contributed by atoms with Gasteiger partial charge in [0.05, 0.1) is 5.56 Å². The maximum atomic E-state index is 12.5. The quantitative estimate of drug-likeness (QED) is 0.759. The molecule has 0 aromatic heterocycles. The lowest BCUT2D eigenvalue weighted by Gasteiger charge is -2.26. The van der Waals surface area contributed by atoms with Gasteiger partial charge < -0.3 is 4.74 Å². The van der Waals surface area contributed by atoms with E-state index < -0.39 is 12.1 Å². The van der Waals surface area contributed by atoms with Gasteiger partial charge >= 0.3 is 6.36 Å². The molecule has 0 N–H and O–H groups in total. The van der Waals surface area contributed by atoms with E-state index >= 15 is 0 Å². The Balaban J connectivity index is 2.31. The van der Waals surface area contributed by atoms with Gasteiger partial charge in [-0.1, -0.05) is 32.4 Å². The van der Waals surface area contributed by atoms with Crippen LogP contribution in [0, 0.1) is 11.3 Å². The Labute approximate surface area is 115 Å². The average molecular weight is 286 g/mol. The third-order valence-corrected chi connectivity index (χ3v) is 3.95. The van der Waals surface area contributed by atoms with Crippen molar-refractivity contribution in [3.63, 3.8) is 0 Å². The van der Waals surface area contributed by atoms with Gasteiger partial charge in [0.25, 0.3) is 0 Å². The Morgan fingerprint density at radius 1 is 1.30 bits per heavy atom. The van der Waals surface area contributed by atoms with Crippen LogP contribution in [-0.4, -0.2) is 12.1 Å². The van der Waals surface area contributed by atoms with Crippen molar-refractivity contribution in [1.82, 2.24) is 0 Å². The Hall–Kier alpha value is -1.52. The van der Waals surface area contributed by atoms with Gasteiger partial charge in [-0.25, -0.2) is 0 Å². The zero-order valence-corrected chi connectivity index (χ0v) is 11.5. The topological polar surface area (TPSA) is 26.3 Å². The van der Waals surface area contributed by atoms with Gasteiger partial charge in [-0.15, -0.1) is 13.2 Å². The summed E-state index contributed by atoms with van der Waals surface area (Å²) >= 11 is 0. The first kappa shape index (κ1) is 14.9. The van der Waals surface area contributed by atoms with Crippen LogP contribution in [0.4, 0.5) is 13.2 Å². The Bertz CT molecular complexity index is 506. The summed E-state index contributed by atoms with van der Waals surface area (Å²) in [5, 5.41) is 0. The summed E-state index contributed by atoms with van der Waals surface area (Å²) in [6, 6.07) is 5.57. The monoisotopic (exact) mass is 286 g/mol. The summed E-state index contributed by atoms with van der Waals surface area (Å²) < 4.78 is 41.1. The van der Waals surface area contributed by atoms with Crippen LogP contribution in [-0.2, 0) is 0 Å². The molecule has 5 heteroatoms. The molecule has 0 aliphatic heterocycles. The molecule has 20 heavy (non-hydrogen) atoms. The molecule has 0 radical (unpaired) electrons. The van der Waals surface area contributed by atoms with E-state index in [1.54, 1.807) is 6.07 Å². The van der Waals surface area contributed by atoms with Gasteiger partial charge in [0.1, 0.15) is 5.75 Å². The fourth-order valence-corrected chi connectivity index (χ4v) is 2.88.